The van der Waals surface area contributed by atoms with Gasteiger partial charge in [-0.15, -0.1) is 0 Å². The first-order valence-corrected chi connectivity index (χ1v) is 10.8. The van der Waals surface area contributed by atoms with Gasteiger partial charge in [0, 0.05) is 6.54 Å². The number of anilines is 1. The summed E-state index contributed by atoms with van der Waals surface area (Å²) < 4.78 is 12.7. The lowest BCUT2D eigenvalue weighted by molar-refractivity contribution is -0.0565. The summed E-state index contributed by atoms with van der Waals surface area (Å²) in [5.41, 5.74) is 2.41. The molecule has 0 saturated carbocycles. The number of imidazole rings is 1. The van der Waals surface area contributed by atoms with Crippen LogP contribution in [0.15, 0.2) is 73.3 Å². The predicted octanol–water partition coefficient (Wildman–Crippen LogP) is 1.91. The number of aliphatic hydroxyl groups is 2. The number of hydrogen-bond donors (Lipinski definition) is 3. The summed E-state index contributed by atoms with van der Waals surface area (Å²) in [4.78, 5) is 25.2. The molecule has 5 rings (SSSR count). The van der Waals surface area contributed by atoms with Gasteiger partial charge in [-0.25, -0.2) is 19.7 Å². The van der Waals surface area contributed by atoms with Crippen LogP contribution >= 0.6 is 0 Å². The van der Waals surface area contributed by atoms with E-state index in [9.17, 15) is 15.0 Å². The van der Waals surface area contributed by atoms with Crippen molar-refractivity contribution in [2.24, 2.45) is 0 Å². The number of ether oxygens (including phenoxy) is 2. The predicted molar refractivity (Wildman–Crippen MR) is 122 cm³/mol. The molecule has 3 heterocycles. The summed E-state index contributed by atoms with van der Waals surface area (Å²) in [6.45, 7) is 0.337. The molecular formula is C24H23N5O5. The number of hydrogen-bond acceptors (Lipinski definition) is 9. The maximum absolute atomic E-state index is 12.2. The highest BCUT2D eigenvalue weighted by molar-refractivity contribution is 5.89. The number of esters is 1. The number of benzene rings is 2. The molecule has 10 heteroatoms. The van der Waals surface area contributed by atoms with Gasteiger partial charge in [0.15, 0.2) is 23.2 Å². The third-order valence-electron chi connectivity index (χ3n) is 5.66. The smallest absolute Gasteiger partial charge is 0.338 e. The monoisotopic (exact) mass is 461 g/mol. The first kappa shape index (κ1) is 22.0. The number of carbonyl (C=O) groups is 1. The Bertz CT molecular complexity index is 1270. The number of rotatable bonds is 7. The van der Waals surface area contributed by atoms with Crippen LogP contribution in [0.1, 0.15) is 22.1 Å². The fourth-order valence-corrected chi connectivity index (χ4v) is 3.86. The van der Waals surface area contributed by atoms with Gasteiger partial charge >= 0.3 is 5.97 Å². The van der Waals surface area contributed by atoms with Crippen LogP contribution in [0.5, 0.6) is 0 Å². The van der Waals surface area contributed by atoms with Crippen LogP contribution in [0.4, 0.5) is 5.82 Å². The summed E-state index contributed by atoms with van der Waals surface area (Å²) >= 11 is 0. The third kappa shape index (κ3) is 4.34. The van der Waals surface area contributed by atoms with E-state index in [1.165, 1.54) is 17.2 Å². The molecule has 1 saturated heterocycles. The van der Waals surface area contributed by atoms with Crippen molar-refractivity contribution in [3.63, 3.8) is 0 Å². The van der Waals surface area contributed by atoms with Crippen molar-refractivity contribution < 1.29 is 24.5 Å². The average Bonchev–Trinajstić information content (AvgIpc) is 3.43. The van der Waals surface area contributed by atoms with E-state index in [-0.39, 0.29) is 6.61 Å². The van der Waals surface area contributed by atoms with Crippen molar-refractivity contribution in [3.05, 3.63) is 84.4 Å². The number of aliphatic hydroxyl groups excluding tert-OH is 2. The van der Waals surface area contributed by atoms with Crippen LogP contribution < -0.4 is 5.32 Å². The summed E-state index contributed by atoms with van der Waals surface area (Å²) in [5.74, 6) is -0.00160. The van der Waals surface area contributed by atoms with E-state index in [2.05, 4.69) is 20.3 Å². The Kier molecular flexibility index (Phi) is 6.17. The van der Waals surface area contributed by atoms with Crippen LogP contribution in [0.2, 0.25) is 0 Å². The van der Waals surface area contributed by atoms with Crippen LogP contribution in [0.25, 0.3) is 11.2 Å². The molecule has 1 aliphatic rings. The molecule has 2 aromatic carbocycles. The molecule has 1 fully saturated rings. The second kappa shape index (κ2) is 9.56. The minimum Gasteiger partial charge on any atom is -0.459 e. The SMILES string of the molecule is O=C(OC[C@H]1O[C@@H](n2cnc3c(NCc4ccccc4)ncnc32)C(O)C1O)c1ccccc1. The van der Waals surface area contributed by atoms with E-state index >= 15 is 0 Å². The quantitative estimate of drug-likeness (QED) is 0.353. The Morgan fingerprint density at radius 2 is 1.74 bits per heavy atom. The lowest BCUT2D eigenvalue weighted by Gasteiger charge is -2.16. The van der Waals surface area contributed by atoms with E-state index in [0.29, 0.717) is 29.1 Å². The van der Waals surface area contributed by atoms with Crippen molar-refractivity contribution >= 4 is 23.0 Å². The zero-order valence-electron chi connectivity index (χ0n) is 18.1. The molecule has 2 unspecified atom stereocenters. The van der Waals surface area contributed by atoms with Gasteiger partial charge in [-0.1, -0.05) is 48.5 Å². The van der Waals surface area contributed by atoms with Crippen molar-refractivity contribution in [3.8, 4) is 0 Å². The van der Waals surface area contributed by atoms with Crippen LogP contribution in [0.3, 0.4) is 0 Å². The van der Waals surface area contributed by atoms with Gasteiger partial charge < -0.3 is 25.0 Å². The van der Waals surface area contributed by atoms with Gasteiger partial charge in [-0.05, 0) is 17.7 Å². The zero-order valence-corrected chi connectivity index (χ0v) is 18.1. The molecule has 0 amide bonds. The number of carbonyl (C=O) groups excluding carboxylic acids is 1. The topological polar surface area (TPSA) is 132 Å². The molecule has 4 aromatic rings. The lowest BCUT2D eigenvalue weighted by Crippen LogP contribution is -2.34. The second-order valence-corrected chi connectivity index (χ2v) is 7.90. The van der Waals surface area contributed by atoms with E-state index in [0.717, 1.165) is 5.56 Å². The maximum atomic E-state index is 12.2. The minimum atomic E-state index is -1.27. The highest BCUT2D eigenvalue weighted by Gasteiger charge is 2.45. The Morgan fingerprint density at radius 1 is 1.00 bits per heavy atom. The molecule has 0 bridgehead atoms. The van der Waals surface area contributed by atoms with Gasteiger partial charge in [0.05, 0.1) is 11.9 Å². The van der Waals surface area contributed by atoms with E-state index in [1.807, 2.05) is 30.3 Å². The van der Waals surface area contributed by atoms with Crippen molar-refractivity contribution in [2.45, 2.75) is 31.1 Å². The first-order valence-electron chi connectivity index (χ1n) is 10.8. The number of aromatic nitrogens is 4. The van der Waals surface area contributed by atoms with Gasteiger partial charge in [0.25, 0.3) is 0 Å². The first-order chi connectivity index (χ1) is 16.6. The summed E-state index contributed by atoms with van der Waals surface area (Å²) in [6.07, 6.45) is -1.53. The van der Waals surface area contributed by atoms with E-state index < -0.39 is 30.5 Å². The van der Waals surface area contributed by atoms with Gasteiger partial charge in [-0.2, -0.15) is 0 Å². The fraction of sp³-hybridized carbons (Fsp3) is 0.250. The van der Waals surface area contributed by atoms with Crippen molar-refractivity contribution in [1.29, 1.82) is 0 Å². The molecule has 10 nitrogen and oxygen atoms in total. The van der Waals surface area contributed by atoms with E-state index in [1.54, 1.807) is 30.3 Å². The van der Waals surface area contributed by atoms with Crippen LogP contribution in [-0.4, -0.2) is 60.6 Å². The molecule has 0 aliphatic carbocycles. The Balaban J connectivity index is 1.30. The third-order valence-corrected chi connectivity index (χ3v) is 5.66. The number of nitrogens with zero attached hydrogens (tertiary/aromatic N) is 4. The molecular weight excluding hydrogens is 438 g/mol. The molecule has 34 heavy (non-hydrogen) atoms. The fourth-order valence-electron chi connectivity index (χ4n) is 3.86. The standard InChI is InChI=1S/C24H23N5O5/c30-19-17(12-33-24(32)16-9-5-2-6-10-16)34-23(20(19)31)29-14-28-18-21(26-13-27-22(18)29)25-11-15-7-3-1-4-8-15/h1-10,13-14,17,19-20,23,30-31H,11-12H2,(H,25,26,27)/t17-,19?,20?,23-/m1/s1. The zero-order chi connectivity index (χ0) is 23.5. The van der Waals surface area contributed by atoms with Gasteiger partial charge in [0.1, 0.15) is 31.2 Å². The van der Waals surface area contributed by atoms with Crippen molar-refractivity contribution in [2.75, 3.05) is 11.9 Å². The Morgan fingerprint density at radius 3 is 2.50 bits per heavy atom. The normalized spacial score (nSPS) is 22.1. The molecule has 3 N–H and O–H groups in total. The highest BCUT2D eigenvalue weighted by atomic mass is 16.6. The largest absolute Gasteiger partial charge is 0.459 e. The van der Waals surface area contributed by atoms with Crippen LogP contribution in [0, 0.1) is 0 Å². The molecule has 0 spiro atoms. The number of nitrogens with one attached hydrogen (secondary N) is 1. The molecule has 4 atom stereocenters. The molecule has 1 aliphatic heterocycles. The molecule has 174 valence electrons. The summed E-state index contributed by atoms with van der Waals surface area (Å²) in [7, 11) is 0. The molecule has 2 aromatic heterocycles. The Labute approximate surface area is 194 Å². The minimum absolute atomic E-state index is 0.214. The summed E-state index contributed by atoms with van der Waals surface area (Å²) in [5, 5.41) is 24.4. The van der Waals surface area contributed by atoms with Gasteiger partial charge in [0.2, 0.25) is 0 Å². The number of fused-ring (bicyclic) bond motifs is 1. The van der Waals surface area contributed by atoms with E-state index in [4.69, 9.17) is 9.47 Å². The summed E-state index contributed by atoms with van der Waals surface area (Å²) in [6, 6.07) is 18.4. The Hall–Kier alpha value is -3.86. The van der Waals surface area contributed by atoms with Crippen molar-refractivity contribution in [1.82, 2.24) is 19.5 Å². The van der Waals surface area contributed by atoms with Gasteiger partial charge in [-0.3, -0.25) is 4.57 Å². The maximum Gasteiger partial charge on any atom is 0.338 e. The lowest BCUT2D eigenvalue weighted by atomic mass is 10.1. The average molecular weight is 461 g/mol. The van der Waals surface area contributed by atoms with Crippen LogP contribution in [-0.2, 0) is 16.0 Å². The second-order valence-electron chi connectivity index (χ2n) is 7.90. The highest BCUT2D eigenvalue weighted by Crippen LogP contribution is 2.32. The molecule has 0 radical (unpaired) electrons.